The molecule has 0 saturated carbocycles. The average Bonchev–Trinajstić information content (AvgIpc) is 2.70. The number of hydrogen-bond acceptors (Lipinski definition) is 5. The van der Waals surface area contributed by atoms with Gasteiger partial charge in [-0.25, -0.2) is 9.59 Å². The lowest BCUT2D eigenvalue weighted by atomic mass is 10.1. The van der Waals surface area contributed by atoms with Gasteiger partial charge in [-0.05, 0) is 40.0 Å². The summed E-state index contributed by atoms with van der Waals surface area (Å²) in [6.45, 7) is 6.02. The zero-order valence-electron chi connectivity index (χ0n) is 14.0. The highest BCUT2D eigenvalue weighted by atomic mass is 16.6. The molecule has 0 aromatic heterocycles. The van der Waals surface area contributed by atoms with Gasteiger partial charge in [0, 0.05) is 25.6 Å². The van der Waals surface area contributed by atoms with E-state index in [-0.39, 0.29) is 24.9 Å². The minimum Gasteiger partial charge on any atom is -0.480 e. The Kier molecular flexibility index (Phi) is 6.80. The molecule has 1 heterocycles. The van der Waals surface area contributed by atoms with Crippen molar-refractivity contribution in [2.45, 2.75) is 64.1 Å². The molecule has 1 fully saturated rings. The Balaban J connectivity index is 2.31. The molecule has 1 unspecified atom stereocenters. The molecule has 1 saturated heterocycles. The molecule has 4 N–H and O–H groups in total. The lowest BCUT2D eigenvalue weighted by Gasteiger charge is -2.24. The molecule has 2 amide bonds. The summed E-state index contributed by atoms with van der Waals surface area (Å²) in [7, 11) is 0. The van der Waals surface area contributed by atoms with Crippen molar-refractivity contribution >= 4 is 18.0 Å². The molecular weight excluding hydrogens is 302 g/mol. The molecule has 1 aliphatic heterocycles. The highest BCUT2D eigenvalue weighted by molar-refractivity contribution is 5.85. The van der Waals surface area contributed by atoms with E-state index in [9.17, 15) is 19.5 Å². The molecule has 0 radical (unpaired) electrons. The topological polar surface area (TPSA) is 122 Å². The molecular formula is C15H27N3O5. The first kappa shape index (κ1) is 19.2. The largest absolute Gasteiger partial charge is 0.480 e. The number of amides is 2. The number of alkyl carbamates (subject to hydrolysis) is 1. The zero-order valence-corrected chi connectivity index (χ0v) is 14.0. The lowest BCUT2D eigenvalue weighted by Crippen LogP contribution is -2.43. The normalized spacial score (nSPS) is 19.6. The quantitative estimate of drug-likeness (QED) is 0.591. The third kappa shape index (κ3) is 6.85. The first-order chi connectivity index (χ1) is 10.6. The monoisotopic (exact) mass is 329 g/mol. The van der Waals surface area contributed by atoms with Crippen molar-refractivity contribution in [3.8, 4) is 0 Å². The fourth-order valence-electron chi connectivity index (χ4n) is 2.44. The molecule has 8 heteroatoms. The molecule has 1 rings (SSSR count). The van der Waals surface area contributed by atoms with E-state index in [1.165, 1.54) is 4.90 Å². The van der Waals surface area contributed by atoms with E-state index in [0.29, 0.717) is 25.8 Å². The van der Waals surface area contributed by atoms with Crippen LogP contribution in [0.5, 0.6) is 0 Å². The number of hydrogen-bond donors (Lipinski definition) is 3. The predicted molar refractivity (Wildman–Crippen MR) is 83.8 cm³/mol. The number of nitrogens with one attached hydrogen (secondary N) is 1. The summed E-state index contributed by atoms with van der Waals surface area (Å²) in [5, 5.41) is 11.9. The number of nitrogens with zero attached hydrogens (tertiary/aromatic N) is 1. The van der Waals surface area contributed by atoms with Gasteiger partial charge in [-0.15, -0.1) is 0 Å². The summed E-state index contributed by atoms with van der Waals surface area (Å²) in [5.41, 5.74) is 5.15. The van der Waals surface area contributed by atoms with Gasteiger partial charge in [-0.3, -0.25) is 4.79 Å². The van der Waals surface area contributed by atoms with Crippen LogP contribution in [-0.2, 0) is 14.3 Å². The van der Waals surface area contributed by atoms with Crippen LogP contribution in [0.3, 0.4) is 0 Å². The molecule has 2 atom stereocenters. The van der Waals surface area contributed by atoms with Gasteiger partial charge >= 0.3 is 12.1 Å². The fourth-order valence-corrected chi connectivity index (χ4v) is 2.44. The van der Waals surface area contributed by atoms with Crippen molar-refractivity contribution in [1.29, 1.82) is 0 Å². The summed E-state index contributed by atoms with van der Waals surface area (Å²) >= 11 is 0. The molecule has 0 spiro atoms. The number of likely N-dealkylation sites (tertiary alicyclic amines) is 1. The number of carboxylic acid groups (broad SMARTS) is 1. The van der Waals surface area contributed by atoms with E-state index in [0.717, 1.165) is 0 Å². The van der Waals surface area contributed by atoms with E-state index in [2.05, 4.69) is 5.32 Å². The van der Waals surface area contributed by atoms with Crippen LogP contribution in [0.4, 0.5) is 4.79 Å². The van der Waals surface area contributed by atoms with E-state index < -0.39 is 23.7 Å². The minimum absolute atomic E-state index is 0.198. The average molecular weight is 329 g/mol. The fraction of sp³-hybridized carbons (Fsp3) is 0.800. The van der Waals surface area contributed by atoms with Crippen LogP contribution >= 0.6 is 0 Å². The van der Waals surface area contributed by atoms with Gasteiger partial charge < -0.3 is 25.8 Å². The van der Waals surface area contributed by atoms with Crippen LogP contribution in [0.15, 0.2) is 0 Å². The molecule has 0 aromatic carbocycles. The number of ether oxygens (including phenoxy) is 1. The van der Waals surface area contributed by atoms with Crippen molar-refractivity contribution < 1.29 is 24.2 Å². The third-order valence-corrected chi connectivity index (χ3v) is 3.42. The Hall–Kier alpha value is -1.83. The minimum atomic E-state index is -1.02. The highest BCUT2D eigenvalue weighted by Gasteiger charge is 2.35. The van der Waals surface area contributed by atoms with Crippen LogP contribution in [0.25, 0.3) is 0 Å². The summed E-state index contributed by atoms with van der Waals surface area (Å²) < 4.78 is 5.10. The van der Waals surface area contributed by atoms with Crippen LogP contribution in [-0.4, -0.2) is 58.8 Å². The van der Waals surface area contributed by atoms with Gasteiger partial charge in [0.2, 0.25) is 5.91 Å². The Bertz CT molecular complexity index is 447. The molecule has 132 valence electrons. The van der Waals surface area contributed by atoms with Gasteiger partial charge in [0.1, 0.15) is 11.6 Å². The number of carboxylic acids is 1. The maximum Gasteiger partial charge on any atom is 0.407 e. The van der Waals surface area contributed by atoms with Crippen molar-refractivity contribution in [1.82, 2.24) is 10.2 Å². The van der Waals surface area contributed by atoms with Crippen molar-refractivity contribution in [2.24, 2.45) is 5.73 Å². The number of carbonyl (C=O) groups is 3. The van der Waals surface area contributed by atoms with Gasteiger partial charge in [0.05, 0.1) is 0 Å². The number of rotatable bonds is 7. The summed E-state index contributed by atoms with van der Waals surface area (Å²) in [5.74, 6) is -1.23. The van der Waals surface area contributed by atoms with E-state index in [4.69, 9.17) is 10.5 Å². The van der Waals surface area contributed by atoms with E-state index in [1.807, 2.05) is 0 Å². The van der Waals surface area contributed by atoms with Crippen molar-refractivity contribution in [2.75, 3.05) is 13.1 Å². The summed E-state index contributed by atoms with van der Waals surface area (Å²) in [6, 6.07) is -1.14. The summed E-state index contributed by atoms with van der Waals surface area (Å²) in [4.78, 5) is 35.9. The first-order valence-electron chi connectivity index (χ1n) is 7.85. The smallest absolute Gasteiger partial charge is 0.407 e. The molecule has 8 nitrogen and oxygen atoms in total. The van der Waals surface area contributed by atoms with Crippen LogP contribution in [0, 0.1) is 0 Å². The SMILES string of the molecule is CC(C)(C)OC(=O)NCCCC[C@@H](C(=O)O)N1CC(N)CC1=O. The Morgan fingerprint density at radius 1 is 1.43 bits per heavy atom. The number of nitrogens with two attached hydrogens (primary N) is 1. The zero-order chi connectivity index (χ0) is 17.6. The van der Waals surface area contributed by atoms with Crippen molar-refractivity contribution in [3.63, 3.8) is 0 Å². The molecule has 0 aromatic rings. The van der Waals surface area contributed by atoms with Gasteiger partial charge in [0.15, 0.2) is 0 Å². The maximum atomic E-state index is 11.8. The van der Waals surface area contributed by atoms with Crippen LogP contribution in [0.1, 0.15) is 46.5 Å². The second-order valence-electron chi connectivity index (χ2n) is 6.79. The second-order valence-corrected chi connectivity index (χ2v) is 6.79. The predicted octanol–water partition coefficient (Wildman–Crippen LogP) is 0.694. The Morgan fingerprint density at radius 2 is 2.09 bits per heavy atom. The highest BCUT2D eigenvalue weighted by Crippen LogP contribution is 2.17. The molecule has 0 bridgehead atoms. The van der Waals surface area contributed by atoms with E-state index >= 15 is 0 Å². The van der Waals surface area contributed by atoms with Crippen molar-refractivity contribution in [3.05, 3.63) is 0 Å². The second kappa shape index (κ2) is 8.14. The first-order valence-corrected chi connectivity index (χ1v) is 7.85. The Morgan fingerprint density at radius 3 is 2.57 bits per heavy atom. The summed E-state index contributed by atoms with van der Waals surface area (Å²) in [6.07, 6.45) is 1.23. The Labute approximate surface area is 136 Å². The standard InChI is InChI=1S/C15H27N3O5/c1-15(2,3)23-14(22)17-7-5-4-6-11(13(20)21)18-9-10(16)8-12(18)19/h10-11H,4-9,16H2,1-3H3,(H,17,22)(H,20,21)/t10?,11-/m0/s1. The van der Waals surface area contributed by atoms with Crippen LogP contribution < -0.4 is 11.1 Å². The third-order valence-electron chi connectivity index (χ3n) is 3.42. The van der Waals surface area contributed by atoms with Gasteiger partial charge in [-0.2, -0.15) is 0 Å². The molecule has 1 aliphatic rings. The maximum absolute atomic E-state index is 11.8. The number of carbonyl (C=O) groups excluding carboxylic acids is 2. The lowest BCUT2D eigenvalue weighted by molar-refractivity contribution is -0.148. The van der Waals surface area contributed by atoms with Gasteiger partial charge in [0.25, 0.3) is 0 Å². The number of unbranched alkanes of at least 4 members (excludes halogenated alkanes) is 1. The van der Waals surface area contributed by atoms with E-state index in [1.54, 1.807) is 20.8 Å². The van der Waals surface area contributed by atoms with Gasteiger partial charge in [-0.1, -0.05) is 0 Å². The van der Waals surface area contributed by atoms with Crippen LogP contribution in [0.2, 0.25) is 0 Å². The number of aliphatic carboxylic acids is 1. The molecule has 0 aliphatic carbocycles. The molecule has 23 heavy (non-hydrogen) atoms.